The van der Waals surface area contributed by atoms with Crippen LogP contribution in [0.1, 0.15) is 76.8 Å². The van der Waals surface area contributed by atoms with Crippen LogP contribution in [0, 0.1) is 9.72 Å². The molecule has 0 amide bonds. The number of imidazole rings is 1. The normalized spacial score (nSPS) is 18.5. The zero-order valence-electron chi connectivity index (χ0n) is 54.5. The third-order valence-electron chi connectivity index (χ3n) is 14.1. The molecule has 11 aromatic rings. The number of fused-ring (bicyclic) bond motifs is 7. The van der Waals surface area contributed by atoms with Gasteiger partial charge in [-0.2, -0.15) is 0 Å². The van der Waals surface area contributed by atoms with Crippen molar-refractivity contribution < 1.29 is 54.2 Å². The smallest absolute Gasteiger partial charge is 0.0617 e. The van der Waals surface area contributed by atoms with Gasteiger partial charge >= 0.3 is 359 Å². The number of hydrogen-bond donors (Lipinski definition) is 0. The van der Waals surface area contributed by atoms with Gasteiger partial charge < -0.3 is 0 Å². The fraction of sp³-hybridized carbons (Fsp3) is 0.138. The number of aromatic nitrogens is 4. The van der Waals surface area contributed by atoms with Gasteiger partial charge in [0.05, 0.1) is 6.85 Å². The number of carbonyl (C=O) groups is 2. The Hall–Kier alpha value is -7.99. The Bertz CT molecular complexity index is 4940. The Morgan fingerprint density at radius 1 is 0.603 bits per heavy atom. The Labute approximate surface area is 455 Å². The van der Waals surface area contributed by atoms with Crippen molar-refractivity contribution in [3.63, 3.8) is 0 Å². The number of Topliss-reactive ketones (excluding diaryl/α,β-unsaturated/α-hetero) is 2. The van der Waals surface area contributed by atoms with Crippen LogP contribution in [0.5, 0.6) is 11.5 Å². The molecule has 2 atom stereocenters. The number of rotatable bonds is 8. The molecule has 2 unspecified atom stereocenters. The first kappa shape index (κ1) is 31.5. The Kier molecular flexibility index (Phi) is 7.60. The van der Waals surface area contributed by atoms with E-state index < -0.39 is 90.4 Å². The van der Waals surface area contributed by atoms with E-state index in [9.17, 15) is 15.1 Å². The zero-order valence-corrected chi connectivity index (χ0v) is 41.8. The van der Waals surface area contributed by atoms with E-state index in [-0.39, 0.29) is 81.8 Å². The van der Waals surface area contributed by atoms with Crippen LogP contribution in [0.25, 0.3) is 83.4 Å². The number of benzene rings is 8. The van der Waals surface area contributed by atoms with Crippen molar-refractivity contribution in [2.45, 2.75) is 51.4 Å². The van der Waals surface area contributed by atoms with Crippen molar-refractivity contribution in [3.8, 4) is 62.1 Å². The molecule has 3 aromatic heterocycles. The van der Waals surface area contributed by atoms with E-state index in [0.29, 0.717) is 60.0 Å². The molecule has 0 bridgehead atoms. The molecule has 2 aliphatic carbocycles. The number of ether oxygens (including phenoxy) is 1. The molecule has 2 aliphatic rings. The van der Waals surface area contributed by atoms with Gasteiger partial charge in [0, 0.05) is 6.20 Å². The van der Waals surface area contributed by atoms with Gasteiger partial charge in [0.2, 0.25) is 0 Å². The van der Waals surface area contributed by atoms with Gasteiger partial charge in [0.1, 0.15) is 0 Å². The fourth-order valence-corrected chi connectivity index (χ4v) is 11.9. The number of carbonyl (C=O) groups excluding carboxylic acids is 2. The van der Waals surface area contributed by atoms with Crippen molar-refractivity contribution in [1.29, 1.82) is 0 Å². The summed E-state index contributed by atoms with van der Waals surface area (Å²) in [6, 6.07) is 22.9. The molecule has 8 heteroatoms. The minimum absolute atomic E-state index is 0.0178. The van der Waals surface area contributed by atoms with Crippen LogP contribution in [0.15, 0.2) is 200 Å². The van der Waals surface area contributed by atoms with Crippen molar-refractivity contribution in [3.05, 3.63) is 220 Å². The molecule has 0 saturated heterocycles. The van der Waals surface area contributed by atoms with E-state index in [1.165, 1.54) is 0 Å². The van der Waals surface area contributed by atoms with Crippen LogP contribution in [0.2, 0.25) is 0 Å². The van der Waals surface area contributed by atoms with E-state index in [2.05, 4.69) is 40.1 Å². The van der Waals surface area contributed by atoms with Gasteiger partial charge in [-0.15, -0.1) is 0 Å². The molecular weight excluding hydrogens is 1080 g/mol. The van der Waals surface area contributed by atoms with Gasteiger partial charge in [-0.25, -0.2) is 0 Å². The first-order valence-corrected chi connectivity index (χ1v) is 24.9. The zero-order chi connectivity index (χ0) is 62.6. The fourth-order valence-electron chi connectivity index (χ4n) is 10.8. The molecule has 3 heterocycles. The minimum atomic E-state index is -0.730. The Morgan fingerprint density at radius 3 is 2.03 bits per heavy atom. The second-order valence-electron chi connectivity index (χ2n) is 19.4. The number of pyridine rings is 1. The molecule has 8 aromatic carbocycles. The molecule has 73 heavy (non-hydrogen) atoms. The predicted octanol–water partition coefficient (Wildman–Crippen LogP) is 15.3. The van der Waals surface area contributed by atoms with E-state index in [1.54, 1.807) is 47.2 Å². The number of para-hydroxylation sites is 2. The molecular formula is C65H50N4O3Pt. The summed E-state index contributed by atoms with van der Waals surface area (Å²) >= 11 is 2.11. The van der Waals surface area contributed by atoms with Gasteiger partial charge in [0.15, 0.2) is 0 Å². The van der Waals surface area contributed by atoms with Crippen molar-refractivity contribution in [2.24, 2.45) is 5.92 Å². The van der Waals surface area contributed by atoms with Crippen LogP contribution in [-0.2, 0) is 40.8 Å². The van der Waals surface area contributed by atoms with Gasteiger partial charge in [-0.05, 0) is 28.2 Å². The molecule has 13 rings (SSSR count). The molecule has 1 fully saturated rings. The standard InChI is InChI=1S/C65H50N4O3.Pt/c1-65(2,3)45-30-31-66-62(33-45)69-57-29-26-44(41-16-7-4-8-17-41)32-54(57)50-28-27-49(37-60(50)69)72-48-23-15-22-46(34-48)67-40-68(59-25-14-13-24-58(59)67)64-51(42-18-9-5-10-19-42)38-53-52-35-47(70)36-55(52)61(71)39-56(53)63(64)43-20-11-6-12-21-43;/h4-34,37-38,52,55H,35-36,39H2,1-3H3;/i4D,5D,6D,7D,8D,9D,10D,11D,12D,16D,17D,18D,19D,20D,21D;. The summed E-state index contributed by atoms with van der Waals surface area (Å²) in [6.07, 6.45) is 1.40. The second kappa shape index (κ2) is 17.6. The van der Waals surface area contributed by atoms with Gasteiger partial charge in [-0.3, -0.25) is 0 Å². The van der Waals surface area contributed by atoms with E-state index in [1.807, 2.05) is 75.9 Å². The predicted molar refractivity (Wildman–Crippen MR) is 289 cm³/mol. The van der Waals surface area contributed by atoms with Crippen molar-refractivity contribution in [2.75, 3.05) is 0 Å². The SMILES string of the molecule is [2H]c1c([2H])c([2H])c(-c2ccc3c(c2)c2ccc(Oc4cccc(-n5[c](=[Pt])n(-c6c(-c7c([2H])c([2H])c([2H])c([2H])c7[2H])cc7c(c6-c6c([2H])c([2H])c([2H])c([2H])c6[2H])CC(=O)C6CC(=O)CC76)c6ccccc65)c4)cc2n3-c2cc(C(C)(C)C)ccn2)c([2H])c1[2H]. The maximum absolute atomic E-state index is 14.4. The Balaban J connectivity index is 1.03. The van der Waals surface area contributed by atoms with Gasteiger partial charge in [0.25, 0.3) is 0 Å². The summed E-state index contributed by atoms with van der Waals surface area (Å²) in [5.74, 6) is -0.451. The monoisotopic (exact) mass is 1140 g/mol. The first-order valence-electron chi connectivity index (χ1n) is 31.3. The molecule has 0 N–H and O–H groups in total. The maximum atomic E-state index is 14.4. The average Bonchev–Trinajstić information content (AvgIpc) is 1.29. The van der Waals surface area contributed by atoms with Crippen LogP contribution in [0.3, 0.4) is 0 Å². The molecule has 0 aliphatic heterocycles. The molecule has 0 spiro atoms. The van der Waals surface area contributed by atoms with Crippen molar-refractivity contribution >= 4 is 44.4 Å². The van der Waals surface area contributed by atoms with Crippen LogP contribution >= 0.6 is 0 Å². The molecule has 7 nitrogen and oxygen atoms in total. The minimum Gasteiger partial charge on any atom is -0.0617 e. The summed E-state index contributed by atoms with van der Waals surface area (Å²) in [7, 11) is 0. The third kappa shape index (κ3) is 7.68. The van der Waals surface area contributed by atoms with Crippen molar-refractivity contribution in [1.82, 2.24) is 18.7 Å². The summed E-state index contributed by atoms with van der Waals surface area (Å²) in [4.78, 5) is 32.6. The topological polar surface area (TPSA) is 71.0 Å². The summed E-state index contributed by atoms with van der Waals surface area (Å²) < 4.78 is 146. The molecule has 358 valence electrons. The quantitative estimate of drug-likeness (QED) is 0.152. The number of ketones is 2. The average molecular weight is 1150 g/mol. The third-order valence-corrected chi connectivity index (χ3v) is 15.1. The number of nitrogens with zero attached hydrogens (tertiary/aromatic N) is 4. The number of hydrogen-bond acceptors (Lipinski definition) is 4. The first-order chi connectivity index (χ1) is 41.8. The van der Waals surface area contributed by atoms with Crippen LogP contribution in [0.4, 0.5) is 0 Å². The van der Waals surface area contributed by atoms with E-state index in [4.69, 9.17) is 24.8 Å². The summed E-state index contributed by atoms with van der Waals surface area (Å²) in [6.45, 7) is 6.33. The summed E-state index contributed by atoms with van der Waals surface area (Å²) in [5, 5.41) is 1.49. The second-order valence-corrected chi connectivity index (χ2v) is 20.4. The Morgan fingerprint density at radius 2 is 1.29 bits per heavy atom. The van der Waals surface area contributed by atoms with Gasteiger partial charge in [-0.1, -0.05) is 57.0 Å². The summed E-state index contributed by atoms with van der Waals surface area (Å²) in [5.41, 5.74) is 4.70. The van der Waals surface area contributed by atoms with E-state index in [0.717, 1.165) is 21.9 Å². The van der Waals surface area contributed by atoms with E-state index >= 15 is 0 Å². The molecule has 0 radical (unpaired) electrons. The van der Waals surface area contributed by atoms with Crippen LogP contribution in [-0.4, -0.2) is 30.3 Å². The van der Waals surface area contributed by atoms with Crippen LogP contribution < -0.4 is 4.74 Å². The molecule has 1 saturated carbocycles.